The van der Waals surface area contributed by atoms with Crippen LogP contribution in [-0.2, 0) is 37.0 Å². The Hall–Kier alpha value is -2.96. The van der Waals surface area contributed by atoms with Crippen molar-refractivity contribution in [3.8, 4) is 11.8 Å². The van der Waals surface area contributed by atoms with Gasteiger partial charge in [0.05, 0.1) is 44.2 Å². The van der Waals surface area contributed by atoms with E-state index in [1.54, 1.807) is 13.2 Å². The van der Waals surface area contributed by atoms with Crippen molar-refractivity contribution in [2.75, 3.05) is 13.7 Å². The zero-order valence-corrected chi connectivity index (χ0v) is 22.3. The van der Waals surface area contributed by atoms with Crippen LogP contribution in [0.2, 0.25) is 0 Å². The van der Waals surface area contributed by atoms with Crippen LogP contribution >= 0.6 is 0 Å². The number of ether oxygens (including phenoxy) is 5. The van der Waals surface area contributed by atoms with Crippen molar-refractivity contribution in [3.63, 3.8) is 0 Å². The second-order valence-electron chi connectivity index (χ2n) is 11.0. The van der Waals surface area contributed by atoms with Gasteiger partial charge in [-0.15, -0.1) is 0 Å². The second-order valence-corrected chi connectivity index (χ2v) is 11.0. The van der Waals surface area contributed by atoms with E-state index in [1.807, 2.05) is 56.3 Å². The summed E-state index contributed by atoms with van der Waals surface area (Å²) in [5, 5.41) is 12.7. The lowest BCUT2D eigenvalue weighted by atomic mass is 9.78. The molecule has 8 nitrogen and oxygen atoms in total. The second kappa shape index (κ2) is 11.0. The smallest absolute Gasteiger partial charge is 0.252 e. The monoisotopic (exact) mass is 520 g/mol. The number of nitrogens with one attached hydrogen (secondary N) is 1. The van der Waals surface area contributed by atoms with Crippen molar-refractivity contribution in [2.45, 2.75) is 82.4 Å². The molecule has 0 bridgehead atoms. The maximum Gasteiger partial charge on any atom is 0.252 e. The molecular formula is C30H36N2O6. The van der Waals surface area contributed by atoms with Gasteiger partial charge in [-0.05, 0) is 61.9 Å². The first-order valence-corrected chi connectivity index (χ1v) is 13.3. The van der Waals surface area contributed by atoms with Crippen LogP contribution in [0, 0.1) is 17.2 Å². The fraction of sp³-hybridized carbons (Fsp3) is 0.533. The highest BCUT2D eigenvalue weighted by atomic mass is 16.8. The number of hydrogen-bond acceptors (Lipinski definition) is 7. The van der Waals surface area contributed by atoms with Gasteiger partial charge in [-0.3, -0.25) is 4.79 Å². The number of methoxy groups -OCH3 is 1. The van der Waals surface area contributed by atoms with E-state index in [0.29, 0.717) is 30.9 Å². The number of amides is 1. The Bertz CT molecular complexity index is 1190. The third kappa shape index (κ3) is 6.02. The molecule has 3 fully saturated rings. The first-order chi connectivity index (χ1) is 18.3. The molecule has 2 aromatic rings. The third-order valence-electron chi connectivity index (χ3n) is 7.55. The third-order valence-corrected chi connectivity index (χ3v) is 7.55. The predicted molar refractivity (Wildman–Crippen MR) is 139 cm³/mol. The van der Waals surface area contributed by atoms with Crippen LogP contribution in [0.4, 0.5) is 0 Å². The Kier molecular flexibility index (Phi) is 7.73. The summed E-state index contributed by atoms with van der Waals surface area (Å²) in [5.41, 5.74) is 1.09. The molecule has 4 atom stereocenters. The fourth-order valence-corrected chi connectivity index (χ4v) is 5.36. The molecule has 1 unspecified atom stereocenters. The molecule has 0 aromatic heterocycles. The molecule has 1 N–H and O–H groups in total. The van der Waals surface area contributed by atoms with E-state index >= 15 is 0 Å². The number of carbonyl (C=O) groups excluding carboxylic acids is 1. The maximum absolute atomic E-state index is 13.8. The van der Waals surface area contributed by atoms with E-state index < -0.39 is 17.5 Å². The fourth-order valence-electron chi connectivity index (χ4n) is 5.36. The number of hydrogen-bond donors (Lipinski definition) is 1. The van der Waals surface area contributed by atoms with Gasteiger partial charge in [0.15, 0.2) is 11.4 Å². The van der Waals surface area contributed by atoms with E-state index in [-0.39, 0.29) is 31.3 Å². The van der Waals surface area contributed by atoms with Crippen molar-refractivity contribution in [1.29, 1.82) is 5.26 Å². The molecule has 3 aliphatic rings. The number of carbonyl (C=O) groups is 1. The Labute approximate surface area is 224 Å². The summed E-state index contributed by atoms with van der Waals surface area (Å²) >= 11 is 0. The van der Waals surface area contributed by atoms with Gasteiger partial charge < -0.3 is 29.0 Å². The van der Waals surface area contributed by atoms with Gasteiger partial charge in [0, 0.05) is 19.4 Å². The zero-order chi connectivity index (χ0) is 26.8. The Morgan fingerprint density at radius 1 is 1.11 bits per heavy atom. The van der Waals surface area contributed by atoms with Gasteiger partial charge in [0.2, 0.25) is 0 Å². The molecule has 5 rings (SSSR count). The van der Waals surface area contributed by atoms with Crippen molar-refractivity contribution in [2.24, 2.45) is 5.92 Å². The minimum atomic E-state index is -1.16. The van der Waals surface area contributed by atoms with Gasteiger partial charge in [-0.25, -0.2) is 0 Å². The SMILES string of the molecule is COc1cccc(CO[C@]2(C(=O)NCC3CC3)CC(OCc3ccccc3C#N)[C@@H]3OC(C)(C)O[C@@H]3C2)c1. The van der Waals surface area contributed by atoms with E-state index in [4.69, 9.17) is 23.7 Å². The number of nitrogens with zero attached hydrogens (tertiary/aromatic N) is 1. The first kappa shape index (κ1) is 26.6. The number of benzene rings is 2. The minimum absolute atomic E-state index is 0.148. The predicted octanol–water partition coefficient (Wildman–Crippen LogP) is 4.25. The number of nitriles is 1. The standard InChI is InChI=1S/C30H36N2O6/c1-29(2)37-26-15-30(28(33)32-17-20-11-12-20,36-18-21-7-6-10-24(13-21)34-3)14-25(27(26)38-29)35-19-23-9-5-4-8-22(23)16-31/h4-10,13,20,25-27H,11-12,14-15,17-19H2,1-3H3,(H,32,33)/t25?,26-,27+,30-/m1/s1. The summed E-state index contributed by atoms with van der Waals surface area (Å²) in [5.74, 6) is 0.304. The summed E-state index contributed by atoms with van der Waals surface area (Å²) in [6.45, 7) is 4.84. The summed E-state index contributed by atoms with van der Waals surface area (Å²) in [7, 11) is 1.62. The molecular weight excluding hydrogens is 484 g/mol. The molecule has 38 heavy (non-hydrogen) atoms. The van der Waals surface area contributed by atoms with Gasteiger partial charge in [0.1, 0.15) is 11.9 Å². The van der Waals surface area contributed by atoms with Crippen molar-refractivity contribution in [3.05, 3.63) is 65.2 Å². The molecule has 0 radical (unpaired) electrons. The topological polar surface area (TPSA) is 99.0 Å². The highest BCUT2D eigenvalue weighted by molar-refractivity contribution is 5.85. The van der Waals surface area contributed by atoms with Crippen LogP contribution in [0.25, 0.3) is 0 Å². The maximum atomic E-state index is 13.8. The molecule has 2 aliphatic carbocycles. The van der Waals surface area contributed by atoms with Gasteiger partial charge >= 0.3 is 0 Å². The van der Waals surface area contributed by atoms with Gasteiger partial charge in [0.25, 0.3) is 5.91 Å². The normalized spacial score (nSPS) is 27.8. The zero-order valence-electron chi connectivity index (χ0n) is 22.3. The van der Waals surface area contributed by atoms with Crippen molar-refractivity contribution in [1.82, 2.24) is 5.32 Å². The summed E-state index contributed by atoms with van der Waals surface area (Å²) in [6, 6.07) is 17.2. The van der Waals surface area contributed by atoms with Gasteiger partial charge in [-0.2, -0.15) is 5.26 Å². The molecule has 1 heterocycles. The molecule has 0 spiro atoms. The average Bonchev–Trinajstić information content (AvgIpc) is 3.70. The Morgan fingerprint density at radius 3 is 2.68 bits per heavy atom. The van der Waals surface area contributed by atoms with Crippen molar-refractivity contribution < 1.29 is 28.5 Å². The molecule has 8 heteroatoms. The van der Waals surface area contributed by atoms with Crippen LogP contribution in [0.15, 0.2) is 48.5 Å². The minimum Gasteiger partial charge on any atom is -0.497 e. The Balaban J connectivity index is 1.41. The lowest BCUT2D eigenvalue weighted by molar-refractivity contribution is -0.183. The lowest BCUT2D eigenvalue weighted by Gasteiger charge is -2.43. The first-order valence-electron chi connectivity index (χ1n) is 13.3. The molecule has 2 saturated carbocycles. The average molecular weight is 521 g/mol. The van der Waals surface area contributed by atoms with E-state index in [1.165, 1.54) is 0 Å². The van der Waals surface area contributed by atoms with Crippen LogP contribution < -0.4 is 10.1 Å². The largest absolute Gasteiger partial charge is 0.497 e. The summed E-state index contributed by atoms with van der Waals surface area (Å²) < 4.78 is 30.9. The summed E-state index contributed by atoms with van der Waals surface area (Å²) in [6.07, 6.45) is 1.73. The van der Waals surface area contributed by atoms with E-state index in [0.717, 1.165) is 29.7 Å². The van der Waals surface area contributed by atoms with Crippen LogP contribution in [0.3, 0.4) is 0 Å². The highest BCUT2D eigenvalue weighted by Crippen LogP contribution is 2.44. The quantitative estimate of drug-likeness (QED) is 0.500. The molecule has 202 valence electrons. The van der Waals surface area contributed by atoms with E-state index in [9.17, 15) is 10.1 Å². The number of fused-ring (bicyclic) bond motifs is 1. The lowest BCUT2D eigenvalue weighted by Crippen LogP contribution is -2.60. The number of rotatable bonds is 10. The highest BCUT2D eigenvalue weighted by Gasteiger charge is 2.58. The molecule has 1 saturated heterocycles. The van der Waals surface area contributed by atoms with Crippen molar-refractivity contribution >= 4 is 5.91 Å². The van der Waals surface area contributed by atoms with E-state index in [2.05, 4.69) is 11.4 Å². The Morgan fingerprint density at radius 2 is 1.92 bits per heavy atom. The van der Waals surface area contributed by atoms with Gasteiger partial charge in [-0.1, -0.05) is 30.3 Å². The van der Waals surface area contributed by atoms with Crippen LogP contribution in [-0.4, -0.2) is 49.3 Å². The summed E-state index contributed by atoms with van der Waals surface area (Å²) in [4.78, 5) is 13.8. The molecule has 1 amide bonds. The molecule has 1 aliphatic heterocycles. The van der Waals surface area contributed by atoms with Crippen LogP contribution in [0.1, 0.15) is 56.2 Å². The molecule has 2 aromatic carbocycles. The van der Waals surface area contributed by atoms with Crippen LogP contribution in [0.5, 0.6) is 5.75 Å².